The van der Waals surface area contributed by atoms with E-state index < -0.39 is 0 Å². The molecule has 1 aliphatic heterocycles. The molecule has 2 aliphatic rings. The Morgan fingerprint density at radius 2 is 2.07 bits per heavy atom. The van der Waals surface area contributed by atoms with Crippen LogP contribution in [-0.2, 0) is 9.47 Å². The molecule has 0 bridgehead atoms. The molecule has 15 heavy (non-hydrogen) atoms. The molecule has 1 aliphatic carbocycles. The zero-order valence-electron chi connectivity index (χ0n) is 10.5. The fourth-order valence-corrected chi connectivity index (χ4v) is 3.47. The molecular weight excluding hydrogens is 188 g/mol. The molecule has 0 spiro atoms. The van der Waals surface area contributed by atoms with Gasteiger partial charge in [-0.05, 0) is 37.0 Å². The van der Waals surface area contributed by atoms with Crippen molar-refractivity contribution in [2.45, 2.75) is 59.4 Å². The van der Waals surface area contributed by atoms with Gasteiger partial charge in [0, 0.05) is 13.0 Å². The van der Waals surface area contributed by atoms with Crippen LogP contribution in [0.1, 0.15) is 47.0 Å². The van der Waals surface area contributed by atoms with E-state index in [1.54, 1.807) is 0 Å². The minimum atomic E-state index is 0.0707. The maximum absolute atomic E-state index is 5.99. The van der Waals surface area contributed by atoms with Crippen LogP contribution in [0.25, 0.3) is 0 Å². The third-order valence-electron chi connectivity index (χ3n) is 3.98. The summed E-state index contributed by atoms with van der Waals surface area (Å²) < 4.78 is 11.6. The highest BCUT2D eigenvalue weighted by Gasteiger charge is 2.46. The molecule has 1 saturated heterocycles. The Morgan fingerprint density at radius 1 is 1.33 bits per heavy atom. The first kappa shape index (κ1) is 11.4. The van der Waals surface area contributed by atoms with Crippen molar-refractivity contribution < 1.29 is 9.47 Å². The summed E-state index contributed by atoms with van der Waals surface area (Å²) in [6, 6.07) is 0. The molecule has 0 aromatic carbocycles. The molecule has 0 amide bonds. The van der Waals surface area contributed by atoms with Crippen LogP contribution in [0.5, 0.6) is 0 Å². The van der Waals surface area contributed by atoms with Gasteiger partial charge in [0.15, 0.2) is 6.29 Å². The average molecular weight is 212 g/mol. The van der Waals surface area contributed by atoms with E-state index in [0.29, 0.717) is 11.5 Å². The van der Waals surface area contributed by atoms with Gasteiger partial charge in [-0.25, -0.2) is 0 Å². The maximum Gasteiger partial charge on any atom is 0.158 e. The van der Waals surface area contributed by atoms with Gasteiger partial charge in [0.05, 0.1) is 6.10 Å². The number of rotatable bonds is 2. The molecule has 0 aromatic rings. The summed E-state index contributed by atoms with van der Waals surface area (Å²) in [4.78, 5) is 0. The largest absolute Gasteiger partial charge is 0.353 e. The lowest BCUT2D eigenvalue weighted by molar-refractivity contribution is -0.141. The van der Waals surface area contributed by atoms with E-state index in [-0.39, 0.29) is 6.29 Å². The highest BCUT2D eigenvalue weighted by molar-refractivity contribution is 4.93. The number of hydrogen-bond donors (Lipinski definition) is 0. The lowest BCUT2D eigenvalue weighted by Gasteiger charge is -2.40. The predicted octanol–water partition coefficient (Wildman–Crippen LogP) is 3.21. The van der Waals surface area contributed by atoms with Crippen molar-refractivity contribution in [2.24, 2.45) is 17.3 Å². The monoisotopic (exact) mass is 212 g/mol. The Bertz CT molecular complexity index is 225. The fraction of sp³-hybridized carbons (Fsp3) is 1.00. The third kappa shape index (κ3) is 2.36. The van der Waals surface area contributed by atoms with Gasteiger partial charge >= 0.3 is 0 Å². The molecule has 0 unspecified atom stereocenters. The van der Waals surface area contributed by atoms with Crippen LogP contribution in [-0.4, -0.2) is 19.0 Å². The van der Waals surface area contributed by atoms with Crippen LogP contribution >= 0.6 is 0 Å². The average Bonchev–Trinajstić information content (AvgIpc) is 2.46. The molecule has 2 fully saturated rings. The molecular formula is C13H24O2. The molecule has 2 rings (SSSR count). The van der Waals surface area contributed by atoms with Crippen molar-refractivity contribution >= 4 is 0 Å². The summed E-state index contributed by atoms with van der Waals surface area (Å²) in [5, 5.41) is 0. The Hall–Kier alpha value is -0.0800. The number of ether oxygens (including phenoxy) is 2. The molecule has 0 N–H and O–H groups in total. The highest BCUT2D eigenvalue weighted by Crippen LogP contribution is 2.48. The summed E-state index contributed by atoms with van der Waals surface area (Å²) in [6.07, 6.45) is 4.15. The SMILES string of the molecule is CCO[C@@H]1C[C@H]2[C@@H](C)CC(C)(C)C[C@H]2O1. The summed E-state index contributed by atoms with van der Waals surface area (Å²) in [5.41, 5.74) is 0.446. The second-order valence-corrected chi connectivity index (χ2v) is 6.01. The third-order valence-corrected chi connectivity index (χ3v) is 3.98. The molecule has 88 valence electrons. The van der Waals surface area contributed by atoms with Crippen molar-refractivity contribution in [2.75, 3.05) is 6.61 Å². The standard InChI is InChI=1S/C13H24O2/c1-5-14-12-6-10-9(2)7-13(3,4)8-11(10)15-12/h9-12H,5-8H2,1-4H3/t9-,10-,11+,12-/m0/s1. The van der Waals surface area contributed by atoms with Gasteiger partial charge in [-0.15, -0.1) is 0 Å². The summed E-state index contributed by atoms with van der Waals surface area (Å²) in [7, 11) is 0. The quantitative estimate of drug-likeness (QED) is 0.699. The van der Waals surface area contributed by atoms with Crippen LogP contribution in [0.2, 0.25) is 0 Å². The van der Waals surface area contributed by atoms with E-state index in [1.807, 2.05) is 6.92 Å². The number of hydrogen-bond acceptors (Lipinski definition) is 2. The van der Waals surface area contributed by atoms with E-state index in [9.17, 15) is 0 Å². The normalized spacial score (nSPS) is 44.0. The zero-order valence-corrected chi connectivity index (χ0v) is 10.5. The van der Waals surface area contributed by atoms with E-state index in [4.69, 9.17) is 9.47 Å². The topological polar surface area (TPSA) is 18.5 Å². The van der Waals surface area contributed by atoms with E-state index in [2.05, 4.69) is 20.8 Å². The van der Waals surface area contributed by atoms with Crippen molar-refractivity contribution in [3.05, 3.63) is 0 Å². The smallest absolute Gasteiger partial charge is 0.158 e. The Labute approximate surface area is 93.3 Å². The van der Waals surface area contributed by atoms with Gasteiger partial charge < -0.3 is 9.47 Å². The lowest BCUT2D eigenvalue weighted by Crippen LogP contribution is -2.36. The molecule has 1 heterocycles. The van der Waals surface area contributed by atoms with Crippen LogP contribution in [0.15, 0.2) is 0 Å². The molecule has 4 atom stereocenters. The molecule has 1 saturated carbocycles. The molecule has 2 heteroatoms. The van der Waals surface area contributed by atoms with Crippen molar-refractivity contribution in [3.8, 4) is 0 Å². The van der Waals surface area contributed by atoms with Gasteiger partial charge in [-0.2, -0.15) is 0 Å². The lowest BCUT2D eigenvalue weighted by atomic mass is 9.66. The van der Waals surface area contributed by atoms with Gasteiger partial charge in [0.1, 0.15) is 0 Å². The van der Waals surface area contributed by atoms with Gasteiger partial charge in [-0.1, -0.05) is 20.8 Å². The van der Waals surface area contributed by atoms with E-state index in [0.717, 1.165) is 24.9 Å². The molecule has 2 nitrogen and oxygen atoms in total. The zero-order chi connectivity index (χ0) is 11.1. The van der Waals surface area contributed by atoms with Crippen molar-refractivity contribution in [1.82, 2.24) is 0 Å². The maximum atomic E-state index is 5.99. The number of fused-ring (bicyclic) bond motifs is 1. The highest BCUT2D eigenvalue weighted by atomic mass is 16.7. The first-order valence-corrected chi connectivity index (χ1v) is 6.29. The molecule has 0 aromatic heterocycles. The van der Waals surface area contributed by atoms with Crippen LogP contribution in [0.4, 0.5) is 0 Å². The van der Waals surface area contributed by atoms with E-state index in [1.165, 1.54) is 12.8 Å². The minimum Gasteiger partial charge on any atom is -0.353 e. The van der Waals surface area contributed by atoms with Crippen LogP contribution in [0.3, 0.4) is 0 Å². The second-order valence-electron chi connectivity index (χ2n) is 6.01. The summed E-state index contributed by atoms with van der Waals surface area (Å²) in [6.45, 7) is 9.89. The van der Waals surface area contributed by atoms with Gasteiger partial charge in [-0.3, -0.25) is 0 Å². The minimum absolute atomic E-state index is 0.0707. The van der Waals surface area contributed by atoms with Crippen LogP contribution in [0, 0.1) is 17.3 Å². The van der Waals surface area contributed by atoms with E-state index >= 15 is 0 Å². The first-order valence-electron chi connectivity index (χ1n) is 6.29. The summed E-state index contributed by atoms with van der Waals surface area (Å²) >= 11 is 0. The second kappa shape index (κ2) is 4.06. The van der Waals surface area contributed by atoms with Gasteiger partial charge in [0.2, 0.25) is 0 Å². The Balaban J connectivity index is 2.00. The Morgan fingerprint density at radius 3 is 2.73 bits per heavy atom. The predicted molar refractivity (Wildman–Crippen MR) is 60.6 cm³/mol. The summed E-state index contributed by atoms with van der Waals surface area (Å²) in [5.74, 6) is 1.51. The van der Waals surface area contributed by atoms with Crippen LogP contribution < -0.4 is 0 Å². The Kier molecular flexibility index (Phi) is 3.09. The first-order chi connectivity index (χ1) is 7.02. The molecule has 0 radical (unpaired) electrons. The van der Waals surface area contributed by atoms with Crippen molar-refractivity contribution in [3.63, 3.8) is 0 Å². The van der Waals surface area contributed by atoms with Crippen molar-refractivity contribution in [1.29, 1.82) is 0 Å². The van der Waals surface area contributed by atoms with Gasteiger partial charge in [0.25, 0.3) is 0 Å². The fourth-order valence-electron chi connectivity index (χ4n) is 3.47.